The number of nitrogens with zero attached hydrogens (tertiary/aromatic N) is 3. The predicted octanol–water partition coefficient (Wildman–Crippen LogP) is 8.87. The Bertz CT molecular complexity index is 1850. The number of halogens is 1. The lowest BCUT2D eigenvalue weighted by Gasteiger charge is -2.55. The van der Waals surface area contributed by atoms with E-state index in [9.17, 15) is 5.11 Å². The lowest BCUT2D eigenvalue weighted by atomic mass is 9.57. The highest BCUT2D eigenvalue weighted by molar-refractivity contribution is 6.74. The van der Waals surface area contributed by atoms with E-state index in [-0.39, 0.29) is 57.5 Å². The molecule has 1 fully saturated rings. The highest BCUT2D eigenvalue weighted by Gasteiger charge is 2.69. The summed E-state index contributed by atoms with van der Waals surface area (Å²) in [6.45, 7) is 23.7. The van der Waals surface area contributed by atoms with Crippen LogP contribution in [0.1, 0.15) is 132 Å². The first-order valence-corrected chi connectivity index (χ1v) is 23.3. The van der Waals surface area contributed by atoms with Crippen molar-refractivity contribution in [3.05, 3.63) is 45.0 Å². The van der Waals surface area contributed by atoms with Crippen LogP contribution >= 0.6 is 0 Å². The third-order valence-corrected chi connectivity index (χ3v) is 17.1. The second-order valence-corrected chi connectivity index (χ2v) is 24.0. The number of unbranched alkanes of at least 4 members (excludes halogenated alkanes) is 2. The Kier molecular flexibility index (Phi) is 11.4. The number of ether oxygens (including phenoxy) is 2. The molecule has 0 saturated heterocycles. The topological polar surface area (TPSA) is 115 Å². The molecule has 0 amide bonds. The minimum atomic E-state index is -2.89. The normalized spacial score (nSPS) is 24.4. The Hall–Kier alpha value is -3.06. The Balaban J connectivity index is 1.59. The number of aliphatic hydroxyl groups is 1. The zero-order valence-electron chi connectivity index (χ0n) is 35.3. The van der Waals surface area contributed by atoms with Crippen LogP contribution in [0.15, 0.2) is 10.1 Å². The molecule has 0 spiro atoms. The van der Waals surface area contributed by atoms with Crippen molar-refractivity contribution in [2.45, 2.75) is 137 Å². The molecule has 1 saturated carbocycles. The van der Waals surface area contributed by atoms with Crippen molar-refractivity contribution in [1.29, 1.82) is 0 Å². The largest absolute Gasteiger partial charge is 0.507 e. The molecule has 0 radical (unpaired) electrons. The van der Waals surface area contributed by atoms with Crippen LogP contribution in [-0.4, -0.2) is 85.9 Å². The molecule has 10 nitrogen and oxygen atoms in total. The molecule has 304 valence electrons. The third kappa shape index (κ3) is 7.12. The molecule has 4 atom stereocenters. The van der Waals surface area contributed by atoms with Gasteiger partial charge < -0.3 is 23.5 Å². The number of hydrogen-bond donors (Lipinski definition) is 1. The minimum Gasteiger partial charge on any atom is -0.507 e. The van der Waals surface area contributed by atoms with Crippen LogP contribution in [0.5, 0.6) is 11.6 Å². The van der Waals surface area contributed by atoms with E-state index in [1.165, 1.54) is 0 Å². The first-order valence-electron chi connectivity index (χ1n) is 20.4. The molecule has 1 aromatic carbocycles. The Morgan fingerprint density at radius 1 is 0.982 bits per heavy atom. The number of aromatic nitrogens is 1. The molecular weight excluding hydrogens is 718 g/mol. The van der Waals surface area contributed by atoms with Gasteiger partial charge in [0.1, 0.15) is 22.9 Å². The predicted molar refractivity (Wildman–Crippen MR) is 214 cm³/mol. The molecule has 1 aromatic heterocycles. The van der Waals surface area contributed by atoms with Gasteiger partial charge >= 0.3 is 0 Å². The number of carbonyl (C=O) groups excluding carboxylic acids is 2. The Morgan fingerprint density at radius 3 is 2.24 bits per heavy atom. The minimum absolute atomic E-state index is 0.0244. The lowest BCUT2D eigenvalue weighted by molar-refractivity contribution is -0.140. The van der Waals surface area contributed by atoms with Crippen molar-refractivity contribution in [2.75, 3.05) is 40.4 Å². The number of carbonyl (C=O) groups is 2. The van der Waals surface area contributed by atoms with Gasteiger partial charge in [0.05, 0.1) is 24.8 Å². The van der Waals surface area contributed by atoms with Crippen LogP contribution in [0, 0.1) is 23.1 Å². The zero-order chi connectivity index (χ0) is 40.4. The van der Waals surface area contributed by atoms with Gasteiger partial charge in [-0.05, 0) is 86.4 Å². The monoisotopic (exact) mass is 781 g/mol. The van der Waals surface area contributed by atoms with Crippen LogP contribution in [0.25, 0.3) is 5.76 Å². The molecule has 2 heterocycles. The maximum atomic E-state index is 17.0. The van der Waals surface area contributed by atoms with E-state index in [0.717, 1.165) is 44.3 Å². The van der Waals surface area contributed by atoms with E-state index in [0.29, 0.717) is 48.8 Å². The van der Waals surface area contributed by atoms with Crippen molar-refractivity contribution in [3.8, 4) is 11.6 Å². The summed E-state index contributed by atoms with van der Waals surface area (Å²) >= 11 is 0. The molecule has 4 aliphatic rings. The van der Waals surface area contributed by atoms with Gasteiger partial charge in [0.2, 0.25) is 11.6 Å². The van der Waals surface area contributed by atoms with E-state index in [1.54, 1.807) is 0 Å². The highest BCUT2D eigenvalue weighted by Crippen LogP contribution is 2.59. The summed E-state index contributed by atoms with van der Waals surface area (Å²) in [5.41, 5.74) is 0.233. The first kappa shape index (κ1) is 41.6. The summed E-state index contributed by atoms with van der Waals surface area (Å²) in [5.74, 6) is -2.19. The van der Waals surface area contributed by atoms with Crippen molar-refractivity contribution in [2.24, 2.45) is 17.3 Å². The third-order valence-electron chi connectivity index (χ3n) is 12.6. The molecule has 0 bridgehead atoms. The number of rotatable bonds is 12. The summed E-state index contributed by atoms with van der Waals surface area (Å²) in [7, 11) is 0.885. The smallest absolute Gasteiger partial charge is 0.265 e. The van der Waals surface area contributed by atoms with Gasteiger partial charge in [-0.1, -0.05) is 68.2 Å². The fourth-order valence-corrected chi connectivity index (χ4v) is 10.5. The Labute approximate surface area is 328 Å². The average molecular weight is 782 g/mol. The van der Waals surface area contributed by atoms with Crippen molar-refractivity contribution >= 4 is 25.6 Å². The summed E-state index contributed by atoms with van der Waals surface area (Å²) in [4.78, 5) is 35.5. The second-order valence-electron chi connectivity index (χ2n) is 19.3. The van der Waals surface area contributed by atoms with Crippen molar-refractivity contribution in [3.63, 3.8) is 0 Å². The first-order chi connectivity index (χ1) is 25.7. The molecule has 1 aliphatic heterocycles. The summed E-state index contributed by atoms with van der Waals surface area (Å²) < 4.78 is 42.9. The molecule has 2 aromatic rings. The van der Waals surface area contributed by atoms with Crippen LogP contribution in [0.3, 0.4) is 0 Å². The molecule has 0 unspecified atom stereocenters. The number of ketones is 2. The number of Topliss-reactive ketones (excluding diaryl/α,β-unsaturated/α-hetero) is 2. The summed E-state index contributed by atoms with van der Waals surface area (Å²) in [5, 5.41) is 16.5. The summed E-state index contributed by atoms with van der Waals surface area (Å²) in [6, 6.07) is -0.586. The lowest BCUT2D eigenvalue weighted by Crippen LogP contribution is -2.68. The van der Waals surface area contributed by atoms with Crippen LogP contribution in [0.4, 0.5) is 4.39 Å². The van der Waals surface area contributed by atoms with Gasteiger partial charge in [0, 0.05) is 42.3 Å². The van der Waals surface area contributed by atoms with E-state index >= 15 is 14.0 Å². The fraction of sp³-hybridized carbons (Fsp3) is 0.698. The summed E-state index contributed by atoms with van der Waals surface area (Å²) in [6.07, 6.45) is 4.29. The number of fused-ring (bicyclic) bond motifs is 5. The number of hydrogen-bond acceptors (Lipinski definition) is 10. The van der Waals surface area contributed by atoms with E-state index in [2.05, 4.69) is 58.5 Å². The van der Waals surface area contributed by atoms with Crippen molar-refractivity contribution < 1.29 is 37.5 Å². The number of benzene rings is 1. The van der Waals surface area contributed by atoms with E-state index in [1.807, 2.05) is 39.0 Å². The molecule has 12 heteroatoms. The fourth-order valence-electron chi connectivity index (χ4n) is 9.01. The Morgan fingerprint density at radius 2 is 1.64 bits per heavy atom. The van der Waals surface area contributed by atoms with Gasteiger partial charge in [-0.2, -0.15) is 0 Å². The molecule has 1 N–H and O–H groups in total. The van der Waals surface area contributed by atoms with Gasteiger partial charge in [-0.25, -0.2) is 4.39 Å². The standard InChI is InChI=1S/C43H64FN3O7Si/c1-13-15-19-51-36-28-23-47(24-41(3,4)5)18-17-26(28)33(44)27-21-25-22-29-34(46(9)10)37-32(40(45-53-37)52-20-16-14-2)39(50)43(29,54-55(11,12)42(6,7)8)38(49)30(25)35(48)31(27)36/h25,29,34,48H,13-24H2,1-12H3/t25-,29-,34-,43-/m0/s1. The maximum absolute atomic E-state index is 17.0. The quantitative estimate of drug-likeness (QED) is 0.127. The van der Waals surface area contributed by atoms with E-state index < -0.39 is 43.4 Å². The van der Waals surface area contributed by atoms with Crippen molar-refractivity contribution in [1.82, 2.24) is 15.0 Å². The van der Waals surface area contributed by atoms with Crippen LogP contribution in [-0.2, 0) is 28.6 Å². The van der Waals surface area contributed by atoms with Gasteiger partial charge in [-0.3, -0.25) is 19.4 Å². The average Bonchev–Trinajstić information content (AvgIpc) is 3.49. The SMILES string of the molecule is CCCCOc1noc2c1C(=O)[C@@]1(O[Si](C)(C)C(C)(C)C)C(=O)C3=C(O)c4c(c(F)c5c(c4OCCCC)CN(CC(C)(C)C)CC5)C[C@H]3C[C@H]1[C@@H]2N(C)C. The van der Waals surface area contributed by atoms with Gasteiger partial charge in [0.25, 0.3) is 5.88 Å². The van der Waals surface area contributed by atoms with E-state index in [4.69, 9.17) is 18.4 Å². The van der Waals surface area contributed by atoms with Gasteiger partial charge in [0.15, 0.2) is 19.7 Å². The van der Waals surface area contributed by atoms with Crippen LogP contribution < -0.4 is 9.47 Å². The highest BCUT2D eigenvalue weighted by atomic mass is 28.4. The van der Waals surface area contributed by atoms with Gasteiger partial charge in [-0.15, -0.1) is 0 Å². The van der Waals surface area contributed by atoms with Crippen LogP contribution in [0.2, 0.25) is 18.1 Å². The molecule has 3 aliphatic carbocycles. The molecule has 6 rings (SSSR count). The zero-order valence-corrected chi connectivity index (χ0v) is 36.3. The molecular formula is C43H64FN3O7Si. The molecule has 55 heavy (non-hydrogen) atoms. The second kappa shape index (κ2) is 15.0. The maximum Gasteiger partial charge on any atom is 0.265 e. The number of aliphatic hydroxyl groups excluding tert-OH is 1.